The van der Waals surface area contributed by atoms with Crippen LogP contribution in [0.1, 0.15) is 12.8 Å². The van der Waals surface area contributed by atoms with Crippen LogP contribution < -0.4 is 10.2 Å². The van der Waals surface area contributed by atoms with Crippen molar-refractivity contribution in [1.82, 2.24) is 0 Å². The number of halogens is 1. The van der Waals surface area contributed by atoms with Crippen LogP contribution in [0.3, 0.4) is 0 Å². The summed E-state index contributed by atoms with van der Waals surface area (Å²) < 4.78 is 0.941. The normalized spacial score (nSPS) is 14.9. The molecule has 1 aliphatic rings. The molecule has 2 aromatic carbocycles. The van der Waals surface area contributed by atoms with Crippen molar-refractivity contribution in [1.29, 1.82) is 0 Å². The predicted octanol–water partition coefficient (Wildman–Crippen LogP) is 3.83. The zero-order valence-electron chi connectivity index (χ0n) is 12.8. The molecule has 5 heteroatoms. The third-order valence-electron chi connectivity index (χ3n) is 4.14. The van der Waals surface area contributed by atoms with Crippen molar-refractivity contribution in [2.24, 2.45) is 5.41 Å². The third-order valence-corrected chi connectivity index (χ3v) is 4.67. The first kappa shape index (κ1) is 15.7. The fraction of sp³-hybridized carbons (Fsp3) is 0.222. The van der Waals surface area contributed by atoms with Gasteiger partial charge < -0.3 is 10.2 Å². The van der Waals surface area contributed by atoms with Crippen molar-refractivity contribution in [2.45, 2.75) is 12.8 Å². The molecule has 0 spiro atoms. The lowest BCUT2D eigenvalue weighted by Gasteiger charge is -2.23. The molecule has 1 fully saturated rings. The van der Waals surface area contributed by atoms with E-state index >= 15 is 0 Å². The maximum atomic E-state index is 12.8. The molecule has 4 nitrogen and oxygen atoms in total. The molecule has 0 unspecified atom stereocenters. The molecule has 0 bridgehead atoms. The molecule has 0 saturated heterocycles. The maximum absolute atomic E-state index is 12.8. The van der Waals surface area contributed by atoms with Gasteiger partial charge in [0.05, 0.1) is 0 Å². The minimum absolute atomic E-state index is 0.154. The average Bonchev–Trinajstić information content (AvgIpc) is 3.38. The third kappa shape index (κ3) is 3.15. The predicted molar refractivity (Wildman–Crippen MR) is 94.3 cm³/mol. The molecule has 2 amide bonds. The smallest absolute Gasteiger partial charge is 0.242 e. The quantitative estimate of drug-likeness (QED) is 0.829. The fourth-order valence-corrected chi connectivity index (χ4v) is 2.80. The number of hydrogen-bond donors (Lipinski definition) is 1. The Morgan fingerprint density at radius 3 is 2.22 bits per heavy atom. The SMILES string of the molecule is CN(C(=O)C1(C(=O)Nc2ccc(Br)cc2)CC1)c1ccccc1. The molecule has 2 aromatic rings. The molecule has 0 radical (unpaired) electrons. The average molecular weight is 373 g/mol. The van der Waals surface area contributed by atoms with E-state index in [0.29, 0.717) is 18.5 Å². The van der Waals surface area contributed by atoms with Crippen molar-refractivity contribution in [3.05, 3.63) is 59.1 Å². The van der Waals surface area contributed by atoms with E-state index in [2.05, 4.69) is 21.2 Å². The highest BCUT2D eigenvalue weighted by atomic mass is 79.9. The number of carbonyl (C=O) groups is 2. The minimum Gasteiger partial charge on any atom is -0.325 e. The summed E-state index contributed by atoms with van der Waals surface area (Å²) in [5, 5.41) is 2.85. The van der Waals surface area contributed by atoms with Gasteiger partial charge in [-0.1, -0.05) is 34.1 Å². The Morgan fingerprint density at radius 1 is 1.04 bits per heavy atom. The number of hydrogen-bond acceptors (Lipinski definition) is 2. The summed E-state index contributed by atoms with van der Waals surface area (Å²) in [6.45, 7) is 0. The Kier molecular flexibility index (Phi) is 4.22. The van der Waals surface area contributed by atoms with Gasteiger partial charge in [0.1, 0.15) is 5.41 Å². The van der Waals surface area contributed by atoms with Gasteiger partial charge in [-0.15, -0.1) is 0 Å². The fourth-order valence-electron chi connectivity index (χ4n) is 2.54. The summed E-state index contributed by atoms with van der Waals surface area (Å²) in [6.07, 6.45) is 1.18. The van der Waals surface area contributed by atoms with Crippen LogP contribution in [0.25, 0.3) is 0 Å². The summed E-state index contributed by atoms with van der Waals surface area (Å²) >= 11 is 3.36. The number of para-hydroxylation sites is 1. The molecule has 118 valence electrons. The highest BCUT2D eigenvalue weighted by Gasteiger charge is 2.57. The summed E-state index contributed by atoms with van der Waals surface area (Å²) in [4.78, 5) is 26.9. The standard InChI is InChI=1S/C18H17BrN2O2/c1-21(15-5-3-2-4-6-15)17(23)18(11-12-18)16(22)20-14-9-7-13(19)8-10-14/h2-10H,11-12H2,1H3,(H,20,22). The molecule has 0 aromatic heterocycles. The van der Waals surface area contributed by atoms with Gasteiger partial charge in [-0.25, -0.2) is 0 Å². The van der Waals surface area contributed by atoms with E-state index in [1.165, 1.54) is 0 Å². The molecular formula is C18H17BrN2O2. The van der Waals surface area contributed by atoms with Gasteiger partial charge in [0, 0.05) is 22.9 Å². The van der Waals surface area contributed by atoms with E-state index in [0.717, 1.165) is 10.2 Å². The highest BCUT2D eigenvalue weighted by molar-refractivity contribution is 9.10. The topological polar surface area (TPSA) is 49.4 Å². The van der Waals surface area contributed by atoms with E-state index in [-0.39, 0.29) is 11.8 Å². The van der Waals surface area contributed by atoms with E-state index in [9.17, 15) is 9.59 Å². The molecule has 1 saturated carbocycles. The molecule has 3 rings (SSSR count). The monoisotopic (exact) mass is 372 g/mol. The van der Waals surface area contributed by atoms with Crippen molar-refractivity contribution in [3.63, 3.8) is 0 Å². The number of anilines is 2. The Labute approximate surface area is 143 Å². The largest absolute Gasteiger partial charge is 0.325 e. The van der Waals surface area contributed by atoms with E-state index in [1.807, 2.05) is 54.6 Å². The maximum Gasteiger partial charge on any atom is 0.242 e. The minimum atomic E-state index is -0.933. The Balaban J connectivity index is 1.74. The van der Waals surface area contributed by atoms with Crippen molar-refractivity contribution < 1.29 is 9.59 Å². The number of carbonyl (C=O) groups excluding carboxylic acids is 2. The Morgan fingerprint density at radius 2 is 1.65 bits per heavy atom. The van der Waals surface area contributed by atoms with Crippen LogP contribution in [0.15, 0.2) is 59.1 Å². The Hall–Kier alpha value is -2.14. The molecule has 1 N–H and O–H groups in total. The van der Waals surface area contributed by atoms with Crippen LogP contribution in [-0.2, 0) is 9.59 Å². The van der Waals surface area contributed by atoms with Crippen LogP contribution in [0, 0.1) is 5.41 Å². The molecule has 1 aliphatic carbocycles. The molecule has 0 aliphatic heterocycles. The number of nitrogens with one attached hydrogen (secondary N) is 1. The second-order valence-electron chi connectivity index (χ2n) is 5.74. The van der Waals surface area contributed by atoms with E-state index in [4.69, 9.17) is 0 Å². The summed E-state index contributed by atoms with van der Waals surface area (Å²) in [5.74, 6) is -0.383. The van der Waals surface area contributed by atoms with E-state index in [1.54, 1.807) is 11.9 Å². The van der Waals surface area contributed by atoms with Crippen molar-refractivity contribution in [3.8, 4) is 0 Å². The molecular weight excluding hydrogens is 356 g/mol. The summed E-state index contributed by atoms with van der Waals surface area (Å²) in [5.41, 5.74) is 0.553. The molecule has 0 heterocycles. The first-order valence-electron chi connectivity index (χ1n) is 7.43. The molecule has 0 atom stereocenters. The van der Waals surface area contributed by atoms with Gasteiger partial charge in [0.15, 0.2) is 0 Å². The van der Waals surface area contributed by atoms with Crippen LogP contribution in [0.5, 0.6) is 0 Å². The highest BCUT2D eigenvalue weighted by Crippen LogP contribution is 2.48. The van der Waals surface area contributed by atoms with Crippen LogP contribution >= 0.6 is 15.9 Å². The van der Waals surface area contributed by atoms with E-state index < -0.39 is 5.41 Å². The van der Waals surface area contributed by atoms with Crippen molar-refractivity contribution >= 4 is 39.1 Å². The first-order chi connectivity index (χ1) is 11.0. The van der Waals surface area contributed by atoms with Gasteiger partial charge in [0.2, 0.25) is 11.8 Å². The van der Waals surface area contributed by atoms with Crippen molar-refractivity contribution in [2.75, 3.05) is 17.3 Å². The first-order valence-corrected chi connectivity index (χ1v) is 8.22. The van der Waals surface area contributed by atoms with Gasteiger partial charge in [-0.05, 0) is 49.2 Å². The Bertz CT molecular complexity index is 724. The zero-order valence-corrected chi connectivity index (χ0v) is 14.3. The number of benzene rings is 2. The lowest BCUT2D eigenvalue weighted by Crippen LogP contribution is -2.41. The lowest BCUT2D eigenvalue weighted by molar-refractivity contribution is -0.132. The number of rotatable bonds is 4. The summed E-state index contributed by atoms with van der Waals surface area (Å²) in [7, 11) is 1.71. The summed E-state index contributed by atoms with van der Waals surface area (Å²) in [6, 6.07) is 16.7. The number of nitrogens with zero attached hydrogens (tertiary/aromatic N) is 1. The van der Waals surface area contributed by atoms with Crippen LogP contribution in [0.4, 0.5) is 11.4 Å². The zero-order chi connectivity index (χ0) is 16.4. The second kappa shape index (κ2) is 6.16. The number of amides is 2. The van der Waals surface area contributed by atoms with Gasteiger partial charge in [-0.2, -0.15) is 0 Å². The molecule has 23 heavy (non-hydrogen) atoms. The van der Waals surface area contributed by atoms with Crippen LogP contribution in [0.2, 0.25) is 0 Å². The van der Waals surface area contributed by atoms with Gasteiger partial charge in [0.25, 0.3) is 0 Å². The lowest BCUT2D eigenvalue weighted by atomic mass is 10.0. The second-order valence-corrected chi connectivity index (χ2v) is 6.66. The van der Waals surface area contributed by atoms with Gasteiger partial charge >= 0.3 is 0 Å². The van der Waals surface area contributed by atoms with Crippen LogP contribution in [-0.4, -0.2) is 18.9 Å². The van der Waals surface area contributed by atoms with Gasteiger partial charge in [-0.3, -0.25) is 9.59 Å².